The number of benzene rings is 2. The Bertz CT molecular complexity index is 900. The van der Waals surface area contributed by atoms with Gasteiger partial charge >= 0.3 is 5.97 Å². The van der Waals surface area contributed by atoms with Gasteiger partial charge in [0.25, 0.3) is 0 Å². The van der Waals surface area contributed by atoms with Gasteiger partial charge in [-0.2, -0.15) is 0 Å². The maximum atomic E-state index is 12.3. The van der Waals surface area contributed by atoms with E-state index in [0.29, 0.717) is 11.1 Å². The highest BCUT2D eigenvalue weighted by atomic mass is 35.5. The van der Waals surface area contributed by atoms with E-state index in [0.717, 1.165) is 18.7 Å². The minimum absolute atomic E-state index is 0. The van der Waals surface area contributed by atoms with Gasteiger partial charge in [0, 0.05) is 19.6 Å². The van der Waals surface area contributed by atoms with Gasteiger partial charge in [0.1, 0.15) is 0 Å². The molecule has 1 aliphatic heterocycles. The van der Waals surface area contributed by atoms with E-state index in [2.05, 4.69) is 14.8 Å². The van der Waals surface area contributed by atoms with Crippen LogP contribution >= 0.6 is 12.4 Å². The Hall–Kier alpha value is -1.93. The number of fused-ring (bicyclic) bond motifs is 1. The number of carbonyl (C=O) groups excluding carboxylic acids is 1. The summed E-state index contributed by atoms with van der Waals surface area (Å²) in [4.78, 5) is 11.5. The number of hydrogen-bond acceptors (Lipinski definition) is 5. The molecule has 0 spiro atoms. The maximum Gasteiger partial charge on any atom is 0.337 e. The average molecular weight is 397 g/mol. The number of ether oxygens (including phenoxy) is 1. The van der Waals surface area contributed by atoms with Gasteiger partial charge in [-0.15, -0.1) is 12.4 Å². The van der Waals surface area contributed by atoms with Crippen molar-refractivity contribution in [1.82, 2.24) is 10.0 Å². The predicted molar refractivity (Wildman–Crippen MR) is 101 cm³/mol. The van der Waals surface area contributed by atoms with Gasteiger partial charge in [-0.25, -0.2) is 17.9 Å². The largest absolute Gasteiger partial charge is 0.465 e. The predicted octanol–water partition coefficient (Wildman–Crippen LogP) is 2.12. The molecule has 2 aromatic rings. The lowest BCUT2D eigenvalue weighted by atomic mass is 10.1. The molecule has 140 valence electrons. The van der Waals surface area contributed by atoms with Crippen LogP contribution in [-0.4, -0.2) is 21.5 Å². The van der Waals surface area contributed by atoms with Gasteiger partial charge in [0.2, 0.25) is 10.0 Å². The number of hydrogen-bond donors (Lipinski definition) is 2. The van der Waals surface area contributed by atoms with Gasteiger partial charge in [-0.1, -0.05) is 30.3 Å². The Kier molecular flexibility index (Phi) is 6.77. The number of carbonyl (C=O) groups is 1. The number of rotatable bonds is 6. The smallest absolute Gasteiger partial charge is 0.337 e. The third kappa shape index (κ3) is 5.04. The van der Waals surface area contributed by atoms with E-state index in [1.54, 1.807) is 18.2 Å². The quantitative estimate of drug-likeness (QED) is 0.730. The van der Waals surface area contributed by atoms with Gasteiger partial charge in [0.05, 0.1) is 18.4 Å². The Labute approximate surface area is 159 Å². The third-order valence-electron chi connectivity index (χ3n) is 4.10. The standard InChI is InChI=1S/C18H20N2O4S.ClH/c1-24-18(21)15-4-2-3-14(8-15)12-25(22,23)20-9-13-5-6-16-10-19-11-17(16)7-13;/h2-8,19-20H,9-12H2,1H3;1H. The van der Waals surface area contributed by atoms with Crippen LogP contribution in [0.5, 0.6) is 0 Å². The van der Waals surface area contributed by atoms with E-state index in [9.17, 15) is 13.2 Å². The van der Waals surface area contributed by atoms with Gasteiger partial charge < -0.3 is 10.1 Å². The van der Waals surface area contributed by atoms with Crippen LogP contribution in [0.25, 0.3) is 0 Å². The summed E-state index contributed by atoms with van der Waals surface area (Å²) in [5.41, 5.74) is 4.26. The maximum absolute atomic E-state index is 12.3. The van der Waals surface area contributed by atoms with E-state index in [4.69, 9.17) is 0 Å². The van der Waals surface area contributed by atoms with E-state index in [1.807, 2.05) is 18.2 Å². The summed E-state index contributed by atoms with van der Waals surface area (Å²) in [5.74, 6) is -0.677. The Morgan fingerprint density at radius 2 is 1.88 bits per heavy atom. The fraction of sp³-hybridized carbons (Fsp3) is 0.278. The molecule has 0 aromatic heterocycles. The van der Waals surface area contributed by atoms with Crippen molar-refractivity contribution in [3.63, 3.8) is 0 Å². The van der Waals surface area contributed by atoms with Crippen molar-refractivity contribution < 1.29 is 17.9 Å². The summed E-state index contributed by atoms with van der Waals surface area (Å²) in [6.45, 7) is 1.92. The first-order chi connectivity index (χ1) is 12.0. The van der Waals surface area contributed by atoms with E-state index >= 15 is 0 Å². The molecule has 0 atom stereocenters. The van der Waals surface area contributed by atoms with Crippen molar-refractivity contribution >= 4 is 28.4 Å². The summed E-state index contributed by atoms with van der Waals surface area (Å²) < 4.78 is 31.9. The minimum atomic E-state index is -3.51. The van der Waals surface area contributed by atoms with Crippen LogP contribution in [0.3, 0.4) is 0 Å². The number of esters is 1. The first-order valence-corrected chi connectivity index (χ1v) is 9.58. The summed E-state index contributed by atoms with van der Waals surface area (Å²) in [6, 6.07) is 12.4. The van der Waals surface area contributed by atoms with Crippen LogP contribution < -0.4 is 10.0 Å². The summed E-state index contributed by atoms with van der Waals surface area (Å²) in [5, 5.41) is 3.26. The lowest BCUT2D eigenvalue weighted by Gasteiger charge is -2.09. The number of methoxy groups -OCH3 is 1. The second-order valence-corrected chi connectivity index (χ2v) is 7.79. The number of nitrogens with one attached hydrogen (secondary N) is 2. The van der Waals surface area contributed by atoms with E-state index in [-0.39, 0.29) is 24.7 Å². The van der Waals surface area contributed by atoms with Crippen LogP contribution in [0.1, 0.15) is 32.6 Å². The first-order valence-electron chi connectivity index (χ1n) is 7.93. The second-order valence-electron chi connectivity index (χ2n) is 5.98. The molecule has 3 rings (SSSR count). The number of halogens is 1. The van der Waals surface area contributed by atoms with Gasteiger partial charge in [-0.3, -0.25) is 0 Å². The fourth-order valence-corrected chi connectivity index (χ4v) is 3.93. The molecule has 0 unspecified atom stereocenters. The molecule has 0 radical (unpaired) electrons. The zero-order valence-corrected chi connectivity index (χ0v) is 16.0. The molecule has 26 heavy (non-hydrogen) atoms. The van der Waals surface area contributed by atoms with Crippen molar-refractivity contribution in [2.75, 3.05) is 7.11 Å². The van der Waals surface area contributed by atoms with Crippen molar-refractivity contribution in [3.8, 4) is 0 Å². The molecular formula is C18H21ClN2O4S. The monoisotopic (exact) mass is 396 g/mol. The highest BCUT2D eigenvalue weighted by Gasteiger charge is 2.15. The Morgan fingerprint density at radius 1 is 1.12 bits per heavy atom. The third-order valence-corrected chi connectivity index (χ3v) is 5.40. The molecule has 0 amide bonds. The zero-order valence-electron chi connectivity index (χ0n) is 14.3. The van der Waals surface area contributed by atoms with Crippen LogP contribution in [0.2, 0.25) is 0 Å². The molecule has 2 aromatic carbocycles. The van der Waals surface area contributed by atoms with E-state index in [1.165, 1.54) is 24.3 Å². The molecule has 0 fully saturated rings. The van der Waals surface area contributed by atoms with Crippen LogP contribution in [-0.2, 0) is 40.1 Å². The topological polar surface area (TPSA) is 84.5 Å². The van der Waals surface area contributed by atoms with Crippen LogP contribution in [0.4, 0.5) is 0 Å². The highest BCUT2D eigenvalue weighted by Crippen LogP contribution is 2.17. The lowest BCUT2D eigenvalue weighted by molar-refractivity contribution is 0.0600. The molecule has 0 bridgehead atoms. The van der Waals surface area contributed by atoms with Gasteiger partial charge in [-0.05, 0) is 34.4 Å². The summed E-state index contributed by atoms with van der Waals surface area (Å²) >= 11 is 0. The van der Waals surface area contributed by atoms with Crippen LogP contribution in [0, 0.1) is 0 Å². The normalized spacial score (nSPS) is 13.0. The molecule has 2 N–H and O–H groups in total. The Morgan fingerprint density at radius 3 is 2.65 bits per heavy atom. The minimum Gasteiger partial charge on any atom is -0.465 e. The SMILES string of the molecule is COC(=O)c1cccc(CS(=O)(=O)NCc2ccc3c(c2)CNC3)c1.Cl. The summed E-state index contributed by atoms with van der Waals surface area (Å²) in [7, 11) is -2.22. The fourth-order valence-electron chi connectivity index (χ4n) is 2.83. The first kappa shape index (κ1) is 20.4. The van der Waals surface area contributed by atoms with Crippen LogP contribution in [0.15, 0.2) is 42.5 Å². The molecule has 6 nitrogen and oxygen atoms in total. The Balaban J connectivity index is 0.00000243. The summed E-state index contributed by atoms with van der Waals surface area (Å²) in [6.07, 6.45) is 0. The van der Waals surface area contributed by atoms with Crippen molar-refractivity contribution in [3.05, 3.63) is 70.3 Å². The van der Waals surface area contributed by atoms with E-state index < -0.39 is 16.0 Å². The molecular weight excluding hydrogens is 376 g/mol. The van der Waals surface area contributed by atoms with Gasteiger partial charge in [0.15, 0.2) is 0 Å². The van der Waals surface area contributed by atoms with Crippen molar-refractivity contribution in [1.29, 1.82) is 0 Å². The van der Waals surface area contributed by atoms with Crippen molar-refractivity contribution in [2.45, 2.75) is 25.4 Å². The highest BCUT2D eigenvalue weighted by molar-refractivity contribution is 7.88. The molecule has 0 aliphatic carbocycles. The average Bonchev–Trinajstić information content (AvgIpc) is 3.07. The molecule has 0 saturated heterocycles. The molecule has 8 heteroatoms. The zero-order chi connectivity index (χ0) is 17.9. The number of sulfonamides is 1. The second kappa shape index (κ2) is 8.64. The van der Waals surface area contributed by atoms with Crippen molar-refractivity contribution in [2.24, 2.45) is 0 Å². The molecule has 0 saturated carbocycles. The molecule has 1 heterocycles. The lowest BCUT2D eigenvalue weighted by Crippen LogP contribution is -2.24. The molecule has 1 aliphatic rings.